The molecule has 1 aromatic carbocycles. The number of H-pyrrole nitrogens is 1. The zero-order valence-electron chi connectivity index (χ0n) is 16.4. The summed E-state index contributed by atoms with van der Waals surface area (Å²) in [5.41, 5.74) is 1.95. The first-order chi connectivity index (χ1) is 13.7. The van der Waals surface area contributed by atoms with Gasteiger partial charge in [-0.25, -0.2) is 9.97 Å². The molecule has 29 heavy (non-hydrogen) atoms. The third-order valence-electron chi connectivity index (χ3n) is 3.82. The number of anilines is 2. The van der Waals surface area contributed by atoms with E-state index in [0.717, 1.165) is 48.8 Å². The first-order valence-electron chi connectivity index (χ1n) is 9.21. The van der Waals surface area contributed by atoms with E-state index in [1.165, 1.54) is 0 Å². The van der Waals surface area contributed by atoms with Gasteiger partial charge in [-0.05, 0) is 30.7 Å². The van der Waals surface area contributed by atoms with Gasteiger partial charge in [-0.1, -0.05) is 25.6 Å². The Morgan fingerprint density at radius 2 is 1.93 bits per heavy atom. The lowest BCUT2D eigenvalue weighted by Crippen LogP contribution is -2.23. The molecule has 0 aliphatic heterocycles. The van der Waals surface area contributed by atoms with Gasteiger partial charge in [0.25, 0.3) is 0 Å². The molecule has 0 radical (unpaired) electrons. The van der Waals surface area contributed by atoms with E-state index < -0.39 is 0 Å². The molecule has 3 rings (SSSR count). The lowest BCUT2D eigenvalue weighted by atomic mass is 10.3. The van der Waals surface area contributed by atoms with Gasteiger partial charge >= 0.3 is 0 Å². The zero-order valence-corrected chi connectivity index (χ0v) is 16.4. The van der Waals surface area contributed by atoms with Crippen LogP contribution in [0.3, 0.4) is 0 Å². The van der Waals surface area contributed by atoms with Crippen LogP contribution >= 0.6 is 0 Å². The van der Waals surface area contributed by atoms with Crippen LogP contribution in [0, 0.1) is 0 Å². The van der Waals surface area contributed by atoms with Crippen molar-refractivity contribution in [3.8, 4) is 0 Å². The molecule has 2 heterocycles. The smallest absolute Gasteiger partial charge is 0.209 e. The predicted octanol–water partition coefficient (Wildman–Crippen LogP) is 3.23. The number of aromatic nitrogens is 3. The predicted molar refractivity (Wildman–Crippen MR) is 119 cm³/mol. The van der Waals surface area contributed by atoms with E-state index in [-0.39, 0.29) is 7.43 Å². The highest BCUT2D eigenvalue weighted by Gasteiger charge is 2.00. The Bertz CT molecular complexity index is 776. The summed E-state index contributed by atoms with van der Waals surface area (Å²) in [7, 11) is 3.45. The first kappa shape index (κ1) is 23.9. The van der Waals surface area contributed by atoms with Gasteiger partial charge in [0.1, 0.15) is 5.82 Å². The van der Waals surface area contributed by atoms with Crippen molar-refractivity contribution < 1.29 is 9.53 Å². The number of fused-ring (bicyclic) bond motifs is 1. The summed E-state index contributed by atoms with van der Waals surface area (Å²) in [6, 6.07) is 13.7. The van der Waals surface area contributed by atoms with Gasteiger partial charge < -0.3 is 25.3 Å². The molecule has 0 spiro atoms. The number of carbonyl (C=O) groups is 1. The number of aromatic amines is 1. The van der Waals surface area contributed by atoms with Crippen LogP contribution < -0.4 is 10.6 Å². The van der Waals surface area contributed by atoms with E-state index in [2.05, 4.69) is 25.6 Å². The normalized spacial score (nSPS) is 9.72. The molecule has 8 heteroatoms. The molecule has 3 N–H and O–H groups in total. The maximum Gasteiger partial charge on any atom is 0.209 e. The maximum absolute atomic E-state index is 10.4. The van der Waals surface area contributed by atoms with Gasteiger partial charge in [-0.2, -0.15) is 0 Å². The van der Waals surface area contributed by atoms with E-state index in [9.17, 15) is 4.79 Å². The van der Waals surface area contributed by atoms with Crippen molar-refractivity contribution in [3.63, 3.8) is 0 Å². The highest BCUT2D eigenvalue weighted by atomic mass is 16.5. The van der Waals surface area contributed by atoms with E-state index in [0.29, 0.717) is 13.1 Å². The summed E-state index contributed by atoms with van der Waals surface area (Å²) in [6.45, 7) is 3.03. The standard InChI is InChI=1S/C11H14N4O.C9H14N2O.CH4/c1-15(8-16)7-6-12-11-13-9-4-2-3-5-10(9)14-11;1-12-8-4-7-11-9-5-2-3-6-10-9;/h2-5,8H,6-7H2,1H3,(H2,12,13,14);2-3,5-6H,4,7-8H2,1H3,(H,10,11);1H4. The number of pyridine rings is 1. The number of para-hydroxylation sites is 2. The molecule has 0 unspecified atom stereocenters. The molecule has 3 aromatic rings. The van der Waals surface area contributed by atoms with Crippen molar-refractivity contribution in [1.82, 2.24) is 19.9 Å². The third-order valence-corrected chi connectivity index (χ3v) is 3.82. The number of hydrogen-bond donors (Lipinski definition) is 3. The quantitative estimate of drug-likeness (QED) is 0.357. The summed E-state index contributed by atoms with van der Waals surface area (Å²) >= 11 is 0. The lowest BCUT2D eigenvalue weighted by Gasteiger charge is -2.09. The monoisotopic (exact) mass is 400 g/mol. The Balaban J connectivity index is 0.000000292. The molecule has 0 saturated carbocycles. The largest absolute Gasteiger partial charge is 0.385 e. The second kappa shape index (κ2) is 14.0. The number of carbonyl (C=O) groups excluding carboxylic acids is 1. The number of benzene rings is 1. The number of imidazole rings is 1. The Kier molecular flexibility index (Phi) is 11.5. The number of likely N-dealkylation sites (N-methyl/N-ethyl adjacent to an activating group) is 1. The number of methoxy groups -OCH3 is 1. The Morgan fingerprint density at radius 1 is 1.14 bits per heavy atom. The van der Waals surface area contributed by atoms with Crippen LogP contribution in [0.5, 0.6) is 0 Å². The second-order valence-corrected chi connectivity index (χ2v) is 6.10. The number of amides is 1. The van der Waals surface area contributed by atoms with Gasteiger partial charge in [0, 0.05) is 46.6 Å². The summed E-state index contributed by atoms with van der Waals surface area (Å²) in [6.07, 6.45) is 3.59. The fourth-order valence-corrected chi connectivity index (χ4v) is 2.34. The minimum absolute atomic E-state index is 0. The van der Waals surface area contributed by atoms with Gasteiger partial charge in [-0.3, -0.25) is 4.79 Å². The lowest BCUT2D eigenvalue weighted by molar-refractivity contribution is -0.116. The van der Waals surface area contributed by atoms with Gasteiger partial charge in [0.15, 0.2) is 0 Å². The summed E-state index contributed by atoms with van der Waals surface area (Å²) < 4.78 is 4.92. The van der Waals surface area contributed by atoms with E-state index >= 15 is 0 Å². The molecule has 1 amide bonds. The van der Waals surface area contributed by atoms with Crippen LogP contribution in [0.25, 0.3) is 11.0 Å². The summed E-state index contributed by atoms with van der Waals surface area (Å²) in [5, 5.41) is 6.32. The van der Waals surface area contributed by atoms with Crippen molar-refractivity contribution in [2.75, 3.05) is 51.0 Å². The minimum Gasteiger partial charge on any atom is -0.385 e. The van der Waals surface area contributed by atoms with Crippen molar-refractivity contribution in [1.29, 1.82) is 0 Å². The number of rotatable bonds is 10. The van der Waals surface area contributed by atoms with Crippen LogP contribution in [-0.4, -0.2) is 66.7 Å². The SMILES string of the molecule is C.CN(C=O)CCNc1nc2ccccc2[nH]1.COCCCNc1ccccn1. The number of nitrogens with one attached hydrogen (secondary N) is 3. The Labute approximate surface area is 172 Å². The van der Waals surface area contributed by atoms with E-state index in [1.54, 1.807) is 25.3 Å². The average Bonchev–Trinajstić information content (AvgIpc) is 3.15. The molecule has 158 valence electrons. The molecule has 0 atom stereocenters. The molecule has 0 fully saturated rings. The summed E-state index contributed by atoms with van der Waals surface area (Å²) in [5.74, 6) is 1.66. The van der Waals surface area contributed by atoms with Crippen molar-refractivity contribution in [2.45, 2.75) is 13.8 Å². The van der Waals surface area contributed by atoms with Gasteiger partial charge in [0.05, 0.1) is 11.0 Å². The van der Waals surface area contributed by atoms with Crippen LogP contribution in [0.15, 0.2) is 48.7 Å². The van der Waals surface area contributed by atoms with E-state index in [4.69, 9.17) is 4.74 Å². The topological polar surface area (TPSA) is 95.2 Å². The van der Waals surface area contributed by atoms with Crippen LogP contribution in [-0.2, 0) is 9.53 Å². The molecule has 0 aliphatic carbocycles. The number of hydrogen-bond acceptors (Lipinski definition) is 6. The van der Waals surface area contributed by atoms with Crippen LogP contribution in [0.2, 0.25) is 0 Å². The fourth-order valence-electron chi connectivity index (χ4n) is 2.34. The minimum atomic E-state index is 0. The molecule has 0 saturated heterocycles. The molecular weight excluding hydrogens is 368 g/mol. The van der Waals surface area contributed by atoms with E-state index in [1.807, 2.05) is 42.5 Å². The maximum atomic E-state index is 10.4. The molecule has 2 aromatic heterocycles. The number of nitrogens with zero attached hydrogens (tertiary/aromatic N) is 3. The van der Waals surface area contributed by atoms with Crippen molar-refractivity contribution in [3.05, 3.63) is 48.7 Å². The van der Waals surface area contributed by atoms with Crippen molar-refractivity contribution in [2.24, 2.45) is 0 Å². The molecule has 8 nitrogen and oxygen atoms in total. The summed E-state index contributed by atoms with van der Waals surface area (Å²) in [4.78, 5) is 23.6. The first-order valence-corrected chi connectivity index (χ1v) is 9.21. The highest BCUT2D eigenvalue weighted by molar-refractivity contribution is 5.77. The van der Waals surface area contributed by atoms with Gasteiger partial charge in [0.2, 0.25) is 12.4 Å². The van der Waals surface area contributed by atoms with Crippen LogP contribution in [0.1, 0.15) is 13.8 Å². The Hall–Kier alpha value is -3.13. The third kappa shape index (κ3) is 9.07. The highest BCUT2D eigenvalue weighted by Crippen LogP contribution is 2.12. The molecular formula is C21H32N6O2. The average molecular weight is 401 g/mol. The molecule has 0 aliphatic rings. The van der Waals surface area contributed by atoms with Crippen LogP contribution in [0.4, 0.5) is 11.8 Å². The zero-order chi connectivity index (χ0) is 20.0. The second-order valence-electron chi connectivity index (χ2n) is 6.10. The number of ether oxygens (including phenoxy) is 1. The molecule has 0 bridgehead atoms. The Morgan fingerprint density at radius 3 is 2.62 bits per heavy atom. The van der Waals surface area contributed by atoms with Gasteiger partial charge in [-0.15, -0.1) is 0 Å². The fraction of sp³-hybridized carbons (Fsp3) is 0.381. The van der Waals surface area contributed by atoms with Crippen molar-refractivity contribution >= 4 is 29.2 Å².